The largest absolute Gasteiger partial charge is 0.482 e. The van der Waals surface area contributed by atoms with Crippen LogP contribution >= 0.6 is 23.2 Å². The van der Waals surface area contributed by atoms with Gasteiger partial charge in [-0.15, -0.1) is 0 Å². The Morgan fingerprint density at radius 1 is 1.09 bits per heavy atom. The highest BCUT2D eigenvalue weighted by molar-refractivity contribution is 6.35. The van der Waals surface area contributed by atoms with E-state index in [1.807, 2.05) is 32.9 Å². The van der Waals surface area contributed by atoms with Crippen LogP contribution in [-0.2, 0) is 9.53 Å². The molecule has 1 aromatic heterocycles. The van der Waals surface area contributed by atoms with Crippen molar-refractivity contribution in [1.29, 1.82) is 0 Å². The Labute approximate surface area is 201 Å². The third kappa shape index (κ3) is 5.74. The van der Waals surface area contributed by atoms with Gasteiger partial charge in [0.05, 0.1) is 23.9 Å². The first-order valence-electron chi connectivity index (χ1n) is 9.99. The average Bonchev–Trinajstić information content (AvgIpc) is 3.05. The number of hydrogen-bond acceptors (Lipinski definition) is 5. The number of hydrogen-bond donors (Lipinski definition) is 1. The molecule has 0 bridgehead atoms. The first-order valence-corrected chi connectivity index (χ1v) is 10.7. The topological polar surface area (TPSA) is 81.9 Å². The molecule has 0 saturated carbocycles. The number of nitrogens with zero attached hydrogens (tertiary/aromatic N) is 2. The second-order valence-electron chi connectivity index (χ2n) is 7.31. The van der Waals surface area contributed by atoms with Crippen LogP contribution < -0.4 is 10.2 Å². The lowest BCUT2D eigenvalue weighted by Crippen LogP contribution is -2.24. The van der Waals surface area contributed by atoms with E-state index in [2.05, 4.69) is 15.1 Å². The van der Waals surface area contributed by atoms with Crippen molar-refractivity contribution in [3.63, 3.8) is 0 Å². The number of rotatable bonds is 7. The van der Waals surface area contributed by atoms with Crippen molar-refractivity contribution in [3.8, 4) is 11.4 Å². The maximum Gasteiger partial charge on any atom is 0.337 e. The number of esters is 1. The van der Waals surface area contributed by atoms with Gasteiger partial charge in [-0.25, -0.2) is 10.2 Å². The van der Waals surface area contributed by atoms with E-state index >= 15 is 0 Å². The fourth-order valence-electron chi connectivity index (χ4n) is 3.38. The molecule has 0 aliphatic rings. The van der Waals surface area contributed by atoms with Crippen molar-refractivity contribution < 1.29 is 19.1 Å². The summed E-state index contributed by atoms with van der Waals surface area (Å²) in [6, 6.07) is 12.1. The third-order valence-electron chi connectivity index (χ3n) is 4.97. The molecule has 0 radical (unpaired) electrons. The Balaban J connectivity index is 1.68. The van der Waals surface area contributed by atoms with Gasteiger partial charge in [-0.3, -0.25) is 4.79 Å². The normalized spacial score (nSPS) is 11.0. The van der Waals surface area contributed by atoms with Crippen molar-refractivity contribution in [3.05, 3.63) is 80.6 Å². The smallest absolute Gasteiger partial charge is 0.337 e. The molecule has 0 saturated heterocycles. The molecule has 0 aliphatic heterocycles. The second kappa shape index (κ2) is 10.6. The summed E-state index contributed by atoms with van der Waals surface area (Å²) in [5.74, 6) is -0.450. The Bertz CT molecular complexity index is 1230. The number of halogens is 2. The predicted octanol–water partition coefficient (Wildman–Crippen LogP) is 5.03. The molecule has 7 nitrogen and oxygen atoms in total. The minimum absolute atomic E-state index is 0.247. The lowest BCUT2D eigenvalue weighted by atomic mass is 10.1. The van der Waals surface area contributed by atoms with Crippen LogP contribution in [0.5, 0.6) is 5.75 Å². The zero-order valence-corrected chi connectivity index (χ0v) is 20.1. The number of methoxy groups -OCH3 is 1. The van der Waals surface area contributed by atoms with Crippen molar-refractivity contribution >= 4 is 41.3 Å². The maximum absolute atomic E-state index is 12.1. The monoisotopic (exact) mass is 487 g/mol. The molecule has 1 N–H and O–H groups in total. The fourth-order valence-corrected chi connectivity index (χ4v) is 3.84. The van der Waals surface area contributed by atoms with E-state index in [1.165, 1.54) is 13.2 Å². The number of ether oxygens (including phenoxy) is 2. The summed E-state index contributed by atoms with van der Waals surface area (Å²) in [6.45, 7) is 5.61. The second-order valence-corrected chi connectivity index (χ2v) is 8.15. The molecule has 0 fully saturated rings. The quantitative estimate of drug-likeness (QED) is 0.288. The van der Waals surface area contributed by atoms with Crippen molar-refractivity contribution in [1.82, 2.24) is 9.99 Å². The number of aromatic nitrogens is 1. The van der Waals surface area contributed by atoms with Gasteiger partial charge in [0.2, 0.25) is 0 Å². The van der Waals surface area contributed by atoms with Crippen LogP contribution in [0.25, 0.3) is 5.69 Å². The van der Waals surface area contributed by atoms with E-state index in [0.717, 1.165) is 28.2 Å². The molecule has 0 spiro atoms. The first-order chi connectivity index (χ1) is 15.7. The molecule has 3 rings (SSSR count). The minimum atomic E-state index is -0.430. The van der Waals surface area contributed by atoms with Crippen LogP contribution in [0.1, 0.15) is 32.9 Å². The highest BCUT2D eigenvalue weighted by Crippen LogP contribution is 2.27. The molecule has 2 aromatic carbocycles. The molecule has 0 atom stereocenters. The molecule has 0 aliphatic carbocycles. The molecule has 33 heavy (non-hydrogen) atoms. The number of aryl methyl sites for hydroxylation is 2. The van der Waals surface area contributed by atoms with Gasteiger partial charge in [-0.1, -0.05) is 23.2 Å². The first kappa shape index (κ1) is 24.4. The van der Waals surface area contributed by atoms with Crippen LogP contribution in [0.4, 0.5) is 0 Å². The van der Waals surface area contributed by atoms with Crippen LogP contribution in [0, 0.1) is 20.8 Å². The van der Waals surface area contributed by atoms with Gasteiger partial charge in [0.25, 0.3) is 5.91 Å². The highest BCUT2D eigenvalue weighted by atomic mass is 35.5. The Hall–Kier alpha value is -3.29. The average molecular weight is 488 g/mol. The van der Waals surface area contributed by atoms with Gasteiger partial charge in [0, 0.05) is 27.7 Å². The van der Waals surface area contributed by atoms with Gasteiger partial charge in [0.1, 0.15) is 5.75 Å². The summed E-state index contributed by atoms with van der Waals surface area (Å²) in [5.41, 5.74) is 7.55. The van der Waals surface area contributed by atoms with Crippen molar-refractivity contribution in [2.45, 2.75) is 20.8 Å². The van der Waals surface area contributed by atoms with Gasteiger partial charge >= 0.3 is 5.97 Å². The number of hydrazone groups is 1. The third-order valence-corrected chi connectivity index (χ3v) is 5.51. The molecule has 1 amide bonds. The van der Waals surface area contributed by atoms with E-state index in [9.17, 15) is 9.59 Å². The van der Waals surface area contributed by atoms with Crippen molar-refractivity contribution in [2.24, 2.45) is 5.10 Å². The molecule has 3 aromatic rings. The molecular weight excluding hydrogens is 465 g/mol. The summed E-state index contributed by atoms with van der Waals surface area (Å²) in [5, 5.41) is 4.84. The molecule has 172 valence electrons. The van der Waals surface area contributed by atoms with Crippen LogP contribution in [-0.4, -0.2) is 36.4 Å². The summed E-state index contributed by atoms with van der Waals surface area (Å²) in [7, 11) is 1.36. The Kier molecular flexibility index (Phi) is 7.79. The van der Waals surface area contributed by atoms with Crippen LogP contribution in [0.15, 0.2) is 47.6 Å². The number of nitrogens with one attached hydrogen (secondary N) is 1. The predicted molar refractivity (Wildman–Crippen MR) is 129 cm³/mol. The Morgan fingerprint density at radius 3 is 2.52 bits per heavy atom. The molecule has 9 heteroatoms. The summed E-state index contributed by atoms with van der Waals surface area (Å²) < 4.78 is 12.2. The van der Waals surface area contributed by atoms with Crippen LogP contribution in [0.2, 0.25) is 10.0 Å². The SMILES string of the molecule is COC(=O)c1ccc(-n2c(C)cc(/C=N/NC(=O)COc3ccc(Cl)cc3Cl)c2C)c(C)c1. The van der Waals surface area contributed by atoms with E-state index in [4.69, 9.17) is 32.7 Å². The zero-order valence-electron chi connectivity index (χ0n) is 18.6. The van der Waals surface area contributed by atoms with Crippen molar-refractivity contribution in [2.75, 3.05) is 13.7 Å². The maximum atomic E-state index is 12.1. The number of carbonyl (C=O) groups is 2. The standard InChI is InChI=1S/C24H23Cl2N3O4/c1-14-9-17(24(31)32-4)5-7-21(14)29-15(2)10-18(16(29)3)12-27-28-23(30)13-33-22-8-6-19(25)11-20(22)26/h5-12H,13H2,1-4H3,(H,28,30)/b27-12+. The Morgan fingerprint density at radius 2 is 1.85 bits per heavy atom. The summed E-state index contributed by atoms with van der Waals surface area (Å²) in [4.78, 5) is 23.8. The summed E-state index contributed by atoms with van der Waals surface area (Å²) in [6.07, 6.45) is 1.57. The van der Waals surface area contributed by atoms with Gasteiger partial charge in [-0.2, -0.15) is 5.10 Å². The fraction of sp³-hybridized carbons (Fsp3) is 0.208. The van der Waals surface area contributed by atoms with E-state index < -0.39 is 5.91 Å². The van der Waals surface area contributed by atoms with E-state index in [1.54, 1.807) is 30.5 Å². The lowest BCUT2D eigenvalue weighted by molar-refractivity contribution is -0.123. The molecule has 1 heterocycles. The molecule has 0 unspecified atom stereocenters. The number of amides is 1. The molecular formula is C24H23Cl2N3O4. The summed E-state index contributed by atoms with van der Waals surface area (Å²) >= 11 is 11.9. The minimum Gasteiger partial charge on any atom is -0.482 e. The number of benzene rings is 2. The number of carbonyl (C=O) groups excluding carboxylic acids is 2. The lowest BCUT2D eigenvalue weighted by Gasteiger charge is -2.13. The van der Waals surface area contributed by atoms with E-state index in [0.29, 0.717) is 21.4 Å². The highest BCUT2D eigenvalue weighted by Gasteiger charge is 2.14. The zero-order chi connectivity index (χ0) is 24.1. The van der Waals surface area contributed by atoms with Gasteiger partial charge in [0.15, 0.2) is 6.61 Å². The van der Waals surface area contributed by atoms with Crippen LogP contribution in [0.3, 0.4) is 0 Å². The van der Waals surface area contributed by atoms with Gasteiger partial charge in [-0.05, 0) is 68.8 Å². The van der Waals surface area contributed by atoms with Gasteiger partial charge < -0.3 is 14.0 Å². The van der Waals surface area contributed by atoms with E-state index in [-0.39, 0.29) is 12.6 Å².